The summed E-state index contributed by atoms with van der Waals surface area (Å²) < 4.78 is 11.3. The van der Waals surface area contributed by atoms with Crippen LogP contribution in [0.15, 0.2) is 24.3 Å². The fourth-order valence-corrected chi connectivity index (χ4v) is 6.83. The van der Waals surface area contributed by atoms with Crippen molar-refractivity contribution in [1.29, 1.82) is 0 Å². The monoisotopic (exact) mass is 440 g/mol. The fraction of sp³-hybridized carbons (Fsp3) is 0.759. The van der Waals surface area contributed by atoms with Gasteiger partial charge in [-0.2, -0.15) is 0 Å². The number of methoxy groups -OCH3 is 1. The maximum absolute atomic E-state index is 12.9. The molecular weight excluding hydrogens is 396 g/mol. The summed E-state index contributed by atoms with van der Waals surface area (Å²) in [6.45, 7) is 2.32. The van der Waals surface area contributed by atoms with Crippen molar-refractivity contribution in [3.63, 3.8) is 0 Å². The lowest BCUT2D eigenvalue weighted by molar-refractivity contribution is -0.157. The van der Waals surface area contributed by atoms with E-state index in [1.807, 2.05) is 0 Å². The van der Waals surface area contributed by atoms with Crippen molar-refractivity contribution >= 4 is 5.97 Å². The molecule has 0 aliphatic heterocycles. The molecule has 3 heteroatoms. The highest BCUT2D eigenvalue weighted by molar-refractivity contribution is 5.72. The second-order valence-electron chi connectivity index (χ2n) is 10.9. The number of esters is 1. The van der Waals surface area contributed by atoms with E-state index < -0.39 is 0 Å². The van der Waals surface area contributed by atoms with Crippen LogP contribution in [0.4, 0.5) is 0 Å². The number of carbonyl (C=O) groups excluding carboxylic acids is 1. The van der Waals surface area contributed by atoms with Crippen LogP contribution in [-0.2, 0) is 9.53 Å². The average Bonchev–Trinajstić information content (AvgIpc) is 2.85. The highest BCUT2D eigenvalue weighted by Crippen LogP contribution is 2.43. The quantitative estimate of drug-likeness (QED) is 0.408. The van der Waals surface area contributed by atoms with Gasteiger partial charge in [0, 0.05) is 0 Å². The molecule has 0 unspecified atom stereocenters. The second-order valence-corrected chi connectivity index (χ2v) is 10.9. The van der Waals surface area contributed by atoms with E-state index in [2.05, 4.69) is 31.2 Å². The minimum absolute atomic E-state index is 0.100. The van der Waals surface area contributed by atoms with Crippen molar-refractivity contribution in [2.75, 3.05) is 7.11 Å². The smallest absolute Gasteiger partial charge is 0.309 e. The molecule has 178 valence electrons. The van der Waals surface area contributed by atoms with Gasteiger partial charge < -0.3 is 9.47 Å². The van der Waals surface area contributed by atoms with E-state index in [4.69, 9.17) is 9.47 Å². The molecule has 3 nitrogen and oxygen atoms in total. The molecule has 3 aliphatic rings. The zero-order chi connectivity index (χ0) is 22.3. The van der Waals surface area contributed by atoms with Crippen LogP contribution >= 0.6 is 0 Å². The normalized spacial score (nSPS) is 33.4. The highest BCUT2D eigenvalue weighted by Gasteiger charge is 2.34. The first-order chi connectivity index (χ1) is 15.7. The average molecular weight is 441 g/mol. The Morgan fingerprint density at radius 2 is 1.41 bits per heavy atom. The summed E-state index contributed by atoms with van der Waals surface area (Å²) in [6.07, 6.45) is 17.5. The van der Waals surface area contributed by atoms with Crippen molar-refractivity contribution < 1.29 is 14.3 Å². The summed E-state index contributed by atoms with van der Waals surface area (Å²) in [5, 5.41) is 0. The van der Waals surface area contributed by atoms with E-state index >= 15 is 0 Å². The van der Waals surface area contributed by atoms with Crippen LogP contribution in [0.5, 0.6) is 5.75 Å². The van der Waals surface area contributed by atoms with Gasteiger partial charge in [-0.25, -0.2) is 0 Å². The van der Waals surface area contributed by atoms with Crippen LogP contribution in [0.3, 0.4) is 0 Å². The minimum atomic E-state index is 0.100. The standard InChI is InChI=1S/C29H44O3/c1-3-4-21-5-7-22(8-6-21)23-9-11-26(12-10-23)29(30)32-28-19-15-25(16-20-28)24-13-17-27(31-2)18-14-24/h13-14,17-18,21-23,25-26,28H,3-12,15-16,19-20H2,1-2H3/t21-,22-,23-,25-,26-,28-. The Morgan fingerprint density at radius 3 is 1.97 bits per heavy atom. The molecule has 3 saturated carbocycles. The van der Waals surface area contributed by atoms with E-state index in [9.17, 15) is 4.79 Å². The molecule has 0 atom stereocenters. The Kier molecular flexibility index (Phi) is 8.55. The van der Waals surface area contributed by atoms with Crippen molar-refractivity contribution in [1.82, 2.24) is 0 Å². The first-order valence-electron chi connectivity index (χ1n) is 13.5. The first kappa shape index (κ1) is 23.6. The van der Waals surface area contributed by atoms with Crippen molar-refractivity contribution in [3.05, 3.63) is 29.8 Å². The summed E-state index contributed by atoms with van der Waals surface area (Å²) in [5.41, 5.74) is 1.39. The van der Waals surface area contributed by atoms with Gasteiger partial charge in [-0.1, -0.05) is 44.7 Å². The number of ether oxygens (including phenoxy) is 2. The van der Waals surface area contributed by atoms with Crippen molar-refractivity contribution in [2.24, 2.45) is 23.7 Å². The molecule has 32 heavy (non-hydrogen) atoms. The molecular formula is C29H44O3. The molecule has 0 radical (unpaired) electrons. The van der Waals surface area contributed by atoms with Gasteiger partial charge in [-0.3, -0.25) is 4.79 Å². The Bertz CT molecular complexity index is 688. The lowest BCUT2D eigenvalue weighted by Crippen LogP contribution is -2.32. The van der Waals surface area contributed by atoms with E-state index in [0.717, 1.165) is 62.0 Å². The van der Waals surface area contributed by atoms with Gasteiger partial charge in [0.15, 0.2) is 0 Å². The topological polar surface area (TPSA) is 35.5 Å². The molecule has 0 N–H and O–H groups in total. The molecule has 0 heterocycles. The highest BCUT2D eigenvalue weighted by atomic mass is 16.5. The third-order valence-electron chi connectivity index (χ3n) is 8.90. The number of carbonyl (C=O) groups is 1. The number of rotatable bonds is 7. The molecule has 3 aliphatic carbocycles. The largest absolute Gasteiger partial charge is 0.497 e. The molecule has 0 bridgehead atoms. The molecule has 3 fully saturated rings. The van der Waals surface area contributed by atoms with Crippen molar-refractivity contribution in [2.45, 2.75) is 109 Å². The summed E-state index contributed by atoms with van der Waals surface area (Å²) in [7, 11) is 1.71. The fourth-order valence-electron chi connectivity index (χ4n) is 6.83. The maximum atomic E-state index is 12.9. The third kappa shape index (κ3) is 6.08. The molecule has 0 amide bonds. The molecule has 0 aromatic heterocycles. The Labute approximate surface area is 195 Å². The van der Waals surface area contributed by atoms with Crippen molar-refractivity contribution in [3.8, 4) is 5.75 Å². The maximum Gasteiger partial charge on any atom is 0.309 e. The lowest BCUT2D eigenvalue weighted by atomic mass is 9.69. The number of benzene rings is 1. The minimum Gasteiger partial charge on any atom is -0.497 e. The van der Waals surface area contributed by atoms with E-state index in [1.54, 1.807) is 7.11 Å². The van der Waals surface area contributed by atoms with Crippen LogP contribution in [-0.4, -0.2) is 19.2 Å². The van der Waals surface area contributed by atoms with Crippen LogP contribution in [0.1, 0.15) is 108 Å². The summed E-state index contributed by atoms with van der Waals surface area (Å²) in [4.78, 5) is 12.9. The summed E-state index contributed by atoms with van der Waals surface area (Å²) in [6, 6.07) is 8.47. The zero-order valence-electron chi connectivity index (χ0n) is 20.4. The first-order valence-corrected chi connectivity index (χ1v) is 13.5. The molecule has 1 aromatic rings. The Morgan fingerprint density at radius 1 is 0.812 bits per heavy atom. The second kappa shape index (κ2) is 11.6. The van der Waals surface area contributed by atoms with E-state index in [1.165, 1.54) is 56.9 Å². The van der Waals surface area contributed by atoms with Gasteiger partial charge in [0.2, 0.25) is 0 Å². The summed E-state index contributed by atoms with van der Waals surface area (Å²) in [5.74, 6) is 4.52. The molecule has 0 spiro atoms. The van der Waals surface area contributed by atoms with Gasteiger partial charge in [0.25, 0.3) is 0 Å². The van der Waals surface area contributed by atoms with Gasteiger partial charge in [0.05, 0.1) is 13.0 Å². The SMILES string of the molecule is CCC[C@H]1CC[C@H]([C@H]2CC[C@H](C(=O)O[C@H]3CC[C@H](c4ccc(OC)cc4)CC3)CC2)CC1. The zero-order valence-corrected chi connectivity index (χ0v) is 20.4. The Hall–Kier alpha value is -1.51. The van der Waals surface area contributed by atoms with Crippen LogP contribution in [0, 0.1) is 23.7 Å². The predicted octanol–water partition coefficient (Wildman–Crippen LogP) is 7.68. The number of hydrogen-bond acceptors (Lipinski definition) is 3. The van der Waals surface area contributed by atoms with E-state index in [0.29, 0.717) is 5.92 Å². The molecule has 0 saturated heterocycles. The Balaban J connectivity index is 1.16. The van der Waals surface area contributed by atoms with Crippen LogP contribution < -0.4 is 4.74 Å². The van der Waals surface area contributed by atoms with Gasteiger partial charge in [0.1, 0.15) is 11.9 Å². The lowest BCUT2D eigenvalue weighted by Gasteiger charge is -2.37. The molecule has 1 aromatic carbocycles. The van der Waals surface area contributed by atoms with Crippen LogP contribution in [0.25, 0.3) is 0 Å². The summed E-state index contributed by atoms with van der Waals surface area (Å²) >= 11 is 0. The van der Waals surface area contributed by atoms with Crippen LogP contribution in [0.2, 0.25) is 0 Å². The molecule has 4 rings (SSSR count). The van der Waals surface area contributed by atoms with Gasteiger partial charge in [-0.15, -0.1) is 0 Å². The predicted molar refractivity (Wildman–Crippen MR) is 130 cm³/mol. The number of hydrogen-bond donors (Lipinski definition) is 0. The van der Waals surface area contributed by atoms with E-state index in [-0.39, 0.29) is 18.0 Å². The van der Waals surface area contributed by atoms with Gasteiger partial charge in [-0.05, 0) is 106 Å². The third-order valence-corrected chi connectivity index (χ3v) is 8.90. The van der Waals surface area contributed by atoms with Gasteiger partial charge >= 0.3 is 5.97 Å².